The van der Waals surface area contributed by atoms with Crippen LogP contribution in [0.3, 0.4) is 0 Å². The second-order valence-electron chi connectivity index (χ2n) is 4.71. The van der Waals surface area contributed by atoms with Gasteiger partial charge in [-0.2, -0.15) is 0 Å². The van der Waals surface area contributed by atoms with Gasteiger partial charge in [-0.1, -0.05) is 0 Å². The van der Waals surface area contributed by atoms with Crippen LogP contribution >= 0.6 is 0 Å². The number of nitrogens with zero attached hydrogens (tertiary/aromatic N) is 2. The summed E-state index contributed by atoms with van der Waals surface area (Å²) >= 11 is 0. The van der Waals surface area contributed by atoms with Crippen LogP contribution in [0.2, 0.25) is 0 Å². The lowest BCUT2D eigenvalue weighted by Crippen LogP contribution is -2.50. The van der Waals surface area contributed by atoms with E-state index in [1.807, 2.05) is 14.1 Å². The first kappa shape index (κ1) is 13.9. The van der Waals surface area contributed by atoms with Crippen LogP contribution in [0.5, 0.6) is 0 Å². The highest BCUT2D eigenvalue weighted by Gasteiger charge is 2.32. The second kappa shape index (κ2) is 5.44. The molecule has 96 valence electrons. The number of piperidine rings is 1. The molecule has 0 aromatic heterocycles. The van der Waals surface area contributed by atoms with Crippen LogP contribution in [0.25, 0.3) is 0 Å². The van der Waals surface area contributed by atoms with E-state index in [0.29, 0.717) is 19.1 Å². The van der Waals surface area contributed by atoms with Crippen LogP contribution in [0.15, 0.2) is 0 Å². The van der Waals surface area contributed by atoms with Gasteiger partial charge in [0, 0.05) is 25.7 Å². The molecule has 0 aliphatic carbocycles. The van der Waals surface area contributed by atoms with Gasteiger partial charge in [0.1, 0.15) is 0 Å². The fourth-order valence-electron chi connectivity index (χ4n) is 1.95. The summed E-state index contributed by atoms with van der Waals surface area (Å²) in [6, 6.07) is 0.327. The fourth-order valence-corrected chi connectivity index (χ4v) is 3.47. The summed E-state index contributed by atoms with van der Waals surface area (Å²) in [6.07, 6.45) is 2.00. The molecule has 0 aromatic rings. The monoisotopic (exact) mass is 249 g/mol. The molecule has 0 saturated carbocycles. The summed E-state index contributed by atoms with van der Waals surface area (Å²) in [5.74, 6) is 0. The van der Waals surface area contributed by atoms with Crippen LogP contribution in [-0.2, 0) is 10.0 Å². The molecule has 1 aliphatic rings. The third-order valence-electron chi connectivity index (χ3n) is 3.29. The molecule has 2 N–H and O–H groups in total. The Kier molecular flexibility index (Phi) is 4.73. The van der Waals surface area contributed by atoms with E-state index in [0.717, 1.165) is 12.8 Å². The summed E-state index contributed by atoms with van der Waals surface area (Å²) in [6.45, 7) is 3.09. The number of rotatable bonds is 4. The highest BCUT2D eigenvalue weighted by atomic mass is 32.2. The Morgan fingerprint density at radius 3 is 2.62 bits per heavy atom. The highest BCUT2D eigenvalue weighted by molar-refractivity contribution is 7.89. The van der Waals surface area contributed by atoms with Crippen molar-refractivity contribution in [2.24, 2.45) is 5.73 Å². The lowest BCUT2D eigenvalue weighted by atomic mass is 10.1. The van der Waals surface area contributed by atoms with Crippen molar-refractivity contribution in [3.05, 3.63) is 0 Å². The van der Waals surface area contributed by atoms with Crippen molar-refractivity contribution >= 4 is 10.0 Å². The Balaban J connectivity index is 2.74. The minimum Gasteiger partial charge on any atom is -0.329 e. The van der Waals surface area contributed by atoms with Crippen LogP contribution < -0.4 is 5.73 Å². The molecule has 0 amide bonds. The van der Waals surface area contributed by atoms with Crippen molar-refractivity contribution in [2.45, 2.75) is 31.1 Å². The van der Waals surface area contributed by atoms with E-state index in [-0.39, 0.29) is 6.54 Å². The third kappa shape index (κ3) is 2.94. The first-order valence-corrected chi connectivity index (χ1v) is 7.25. The maximum atomic E-state index is 12.1. The molecule has 1 saturated heterocycles. The summed E-state index contributed by atoms with van der Waals surface area (Å²) in [5, 5.41) is -0.478. The first-order chi connectivity index (χ1) is 7.39. The van der Waals surface area contributed by atoms with Crippen molar-refractivity contribution in [1.29, 1.82) is 0 Å². The minimum absolute atomic E-state index is 0.186. The molecule has 16 heavy (non-hydrogen) atoms. The van der Waals surface area contributed by atoms with Crippen molar-refractivity contribution in [3.63, 3.8) is 0 Å². The van der Waals surface area contributed by atoms with E-state index in [4.69, 9.17) is 5.73 Å². The Morgan fingerprint density at radius 1 is 1.50 bits per heavy atom. The van der Waals surface area contributed by atoms with E-state index in [2.05, 4.69) is 4.90 Å². The zero-order valence-electron chi connectivity index (χ0n) is 10.4. The summed E-state index contributed by atoms with van der Waals surface area (Å²) < 4.78 is 25.8. The number of nitrogens with two attached hydrogens (primary N) is 1. The molecule has 1 aliphatic heterocycles. The Morgan fingerprint density at radius 2 is 2.12 bits per heavy atom. The standard InChI is InChI=1S/C10H23N3O2S/c1-9(7-11)16(14,15)13-6-4-5-10(8-13)12(2)3/h9-10H,4-8,11H2,1-3H3. The molecular weight excluding hydrogens is 226 g/mol. The third-order valence-corrected chi connectivity index (χ3v) is 5.55. The molecule has 1 fully saturated rings. The molecule has 1 heterocycles. The molecule has 2 atom stereocenters. The average Bonchev–Trinajstić information content (AvgIpc) is 2.28. The van der Waals surface area contributed by atoms with Crippen LogP contribution in [-0.4, -0.2) is 62.6 Å². The first-order valence-electron chi connectivity index (χ1n) is 5.75. The van der Waals surface area contributed by atoms with Crippen molar-refractivity contribution in [2.75, 3.05) is 33.7 Å². The fraction of sp³-hybridized carbons (Fsp3) is 1.00. The SMILES string of the molecule is CC(CN)S(=O)(=O)N1CCCC(N(C)C)C1. The van der Waals surface area contributed by atoms with Gasteiger partial charge in [-0.15, -0.1) is 0 Å². The predicted octanol–water partition coefficient (Wildman–Crippen LogP) is -0.311. The number of likely N-dealkylation sites (N-methyl/N-ethyl adjacent to an activating group) is 1. The Hall–Kier alpha value is -0.170. The van der Waals surface area contributed by atoms with Gasteiger partial charge in [0.25, 0.3) is 0 Å². The van der Waals surface area contributed by atoms with Crippen molar-refractivity contribution < 1.29 is 8.42 Å². The van der Waals surface area contributed by atoms with Gasteiger partial charge in [-0.05, 0) is 33.9 Å². The lowest BCUT2D eigenvalue weighted by Gasteiger charge is -2.36. The second-order valence-corrected chi connectivity index (χ2v) is 7.06. The minimum atomic E-state index is -3.20. The van der Waals surface area contributed by atoms with Crippen LogP contribution in [0.1, 0.15) is 19.8 Å². The molecule has 0 aromatic carbocycles. The van der Waals surface area contributed by atoms with Gasteiger partial charge in [-0.3, -0.25) is 0 Å². The maximum absolute atomic E-state index is 12.1. The molecule has 0 spiro atoms. The number of hydrogen-bond acceptors (Lipinski definition) is 4. The topological polar surface area (TPSA) is 66.6 Å². The maximum Gasteiger partial charge on any atom is 0.218 e. The molecule has 0 radical (unpaired) electrons. The Labute approximate surface area is 98.6 Å². The quantitative estimate of drug-likeness (QED) is 0.742. The van der Waals surface area contributed by atoms with Crippen LogP contribution in [0, 0.1) is 0 Å². The van der Waals surface area contributed by atoms with Gasteiger partial charge in [0.05, 0.1) is 5.25 Å². The smallest absolute Gasteiger partial charge is 0.218 e. The van der Waals surface area contributed by atoms with E-state index < -0.39 is 15.3 Å². The predicted molar refractivity (Wildman–Crippen MR) is 65.7 cm³/mol. The summed E-state index contributed by atoms with van der Waals surface area (Å²) in [4.78, 5) is 2.09. The molecule has 1 rings (SSSR count). The van der Waals surface area contributed by atoms with E-state index in [9.17, 15) is 8.42 Å². The number of hydrogen-bond donors (Lipinski definition) is 1. The van der Waals surface area contributed by atoms with Gasteiger partial charge >= 0.3 is 0 Å². The van der Waals surface area contributed by atoms with Gasteiger partial charge in [0.2, 0.25) is 10.0 Å². The van der Waals surface area contributed by atoms with E-state index in [1.165, 1.54) is 0 Å². The van der Waals surface area contributed by atoms with Crippen LogP contribution in [0.4, 0.5) is 0 Å². The van der Waals surface area contributed by atoms with E-state index >= 15 is 0 Å². The van der Waals surface area contributed by atoms with Crippen molar-refractivity contribution in [1.82, 2.24) is 9.21 Å². The van der Waals surface area contributed by atoms with Gasteiger partial charge in [0.15, 0.2) is 0 Å². The number of sulfonamides is 1. The lowest BCUT2D eigenvalue weighted by molar-refractivity contribution is 0.189. The summed E-state index contributed by atoms with van der Waals surface area (Å²) in [5.41, 5.74) is 5.44. The molecule has 6 heteroatoms. The largest absolute Gasteiger partial charge is 0.329 e. The summed E-state index contributed by atoms with van der Waals surface area (Å²) in [7, 11) is 0.790. The zero-order valence-corrected chi connectivity index (χ0v) is 11.2. The van der Waals surface area contributed by atoms with Gasteiger partial charge < -0.3 is 10.6 Å². The molecule has 0 bridgehead atoms. The van der Waals surface area contributed by atoms with E-state index in [1.54, 1.807) is 11.2 Å². The normalized spacial score (nSPS) is 25.9. The molecule has 5 nitrogen and oxygen atoms in total. The van der Waals surface area contributed by atoms with Gasteiger partial charge in [-0.25, -0.2) is 12.7 Å². The van der Waals surface area contributed by atoms with Crippen molar-refractivity contribution in [3.8, 4) is 0 Å². The average molecular weight is 249 g/mol. The highest BCUT2D eigenvalue weighted by Crippen LogP contribution is 2.19. The molecular formula is C10H23N3O2S. The zero-order chi connectivity index (χ0) is 12.3. The molecule has 2 unspecified atom stereocenters. The Bertz CT molecular complexity index is 316.